The molecule has 0 spiro atoms. The largest absolute Gasteiger partial charge is 0.326 e. The van der Waals surface area contributed by atoms with Gasteiger partial charge < -0.3 is 8.97 Å². The minimum atomic E-state index is 0.634. The Kier molecular flexibility index (Phi) is 5.45. The number of halogens is 4. The van der Waals surface area contributed by atoms with Crippen LogP contribution in [0, 0.1) is 0 Å². The van der Waals surface area contributed by atoms with Crippen molar-refractivity contribution in [1.82, 2.24) is 0 Å². The molecule has 0 saturated carbocycles. The van der Waals surface area contributed by atoms with Crippen LogP contribution < -0.4 is 0 Å². The molecular weight excluding hydrogens is 441 g/mol. The second-order valence-corrected chi connectivity index (χ2v) is 9.08. The second-order valence-electron chi connectivity index (χ2n) is 7.18. The van der Waals surface area contributed by atoms with Gasteiger partial charge in [0.1, 0.15) is 26.2 Å². The normalized spacial score (nSPS) is 21.7. The molecule has 0 saturated heterocycles. The van der Waals surface area contributed by atoms with Gasteiger partial charge in [-0.2, -0.15) is 0 Å². The van der Waals surface area contributed by atoms with E-state index in [4.69, 9.17) is 34.8 Å². The van der Waals surface area contributed by atoms with Gasteiger partial charge in [-0.3, -0.25) is 0 Å². The maximum atomic E-state index is 6.59. The Balaban J connectivity index is 2.34. The average molecular weight is 464 g/mol. The van der Waals surface area contributed by atoms with E-state index in [1.165, 1.54) is 5.56 Å². The van der Waals surface area contributed by atoms with Crippen molar-refractivity contribution >= 4 is 57.4 Å². The highest BCUT2D eigenvalue weighted by atomic mass is 127. The van der Waals surface area contributed by atoms with E-state index < -0.39 is 0 Å². The van der Waals surface area contributed by atoms with Gasteiger partial charge in [0.05, 0.1) is 43.3 Å². The molecule has 2 rings (SSSR count). The third kappa shape index (κ3) is 3.81. The molecule has 1 unspecified atom stereocenters. The van der Waals surface area contributed by atoms with E-state index >= 15 is 0 Å². The molecule has 0 amide bonds. The lowest BCUT2D eigenvalue weighted by molar-refractivity contribution is -0.961. The fraction of sp³-hybridized carbons (Fsp3) is 0.600. The van der Waals surface area contributed by atoms with Crippen LogP contribution in [0.15, 0.2) is 0 Å². The lowest BCUT2D eigenvalue weighted by Gasteiger charge is -2.33. The van der Waals surface area contributed by atoms with E-state index in [0.29, 0.717) is 10.0 Å². The summed E-state index contributed by atoms with van der Waals surface area (Å²) in [6, 6.07) is 0. The van der Waals surface area contributed by atoms with Crippen LogP contribution in [0.3, 0.4) is 0 Å². The van der Waals surface area contributed by atoms with Crippen molar-refractivity contribution in [3.63, 3.8) is 0 Å². The number of nitrogens with zero attached hydrogens (tertiary/aromatic N) is 2. The summed E-state index contributed by atoms with van der Waals surface area (Å²) in [5.41, 5.74) is 3.31. The molecule has 6 heteroatoms. The quantitative estimate of drug-likeness (QED) is 0.262. The van der Waals surface area contributed by atoms with E-state index in [0.717, 1.165) is 55.7 Å². The number of hydrogen-bond donors (Lipinski definition) is 0. The topological polar surface area (TPSA) is 0 Å². The Morgan fingerprint density at radius 3 is 2.00 bits per heavy atom. The zero-order valence-electron chi connectivity index (χ0n) is 12.9. The molecule has 0 N–H and O–H groups in total. The molecular formula is C15H22Cl3IN2+2. The van der Waals surface area contributed by atoms with E-state index in [9.17, 15) is 0 Å². The van der Waals surface area contributed by atoms with Crippen molar-refractivity contribution in [2.75, 3.05) is 41.3 Å². The van der Waals surface area contributed by atoms with Gasteiger partial charge in [0.2, 0.25) is 0 Å². The Morgan fingerprint density at radius 2 is 1.52 bits per heavy atom. The minimum absolute atomic E-state index is 0.634. The summed E-state index contributed by atoms with van der Waals surface area (Å²) in [6.45, 7) is 4.07. The standard InChI is InChI=1S/C15H22Cl3IN2/c1-20(2,3)5-6-21(4)8-11-12(9-21)15(18)14(17)10(7-19)13(11)16/h5-9H2,1-4H3/q+2. The number of quaternary nitrogens is 2. The SMILES string of the molecule is C[N+](C)(C)CC[N+]1(C)Cc2c(Cl)c(Cl)c(CI)c(Cl)c2C1. The Bertz CT molecular complexity index is 569. The third-order valence-corrected chi connectivity index (χ3v) is 6.29. The number of benzene rings is 1. The molecule has 0 aromatic heterocycles. The zero-order chi connectivity index (χ0) is 16.0. The average Bonchev–Trinajstić information content (AvgIpc) is 2.73. The summed E-state index contributed by atoms with van der Waals surface area (Å²) in [4.78, 5) is 0. The Morgan fingerprint density at radius 1 is 1.00 bits per heavy atom. The predicted molar refractivity (Wildman–Crippen MR) is 101 cm³/mol. The number of fused-ring (bicyclic) bond motifs is 1. The summed E-state index contributed by atoms with van der Waals surface area (Å²) >= 11 is 21.8. The summed E-state index contributed by atoms with van der Waals surface area (Å²) in [6.07, 6.45) is 0. The van der Waals surface area contributed by atoms with Gasteiger partial charge >= 0.3 is 0 Å². The summed E-state index contributed by atoms with van der Waals surface area (Å²) < 4.78 is 2.70. The van der Waals surface area contributed by atoms with Crippen LogP contribution in [0.25, 0.3) is 0 Å². The van der Waals surface area contributed by atoms with Crippen molar-refractivity contribution in [2.24, 2.45) is 0 Å². The molecule has 0 radical (unpaired) electrons. The van der Waals surface area contributed by atoms with Crippen molar-refractivity contribution < 1.29 is 8.97 Å². The minimum Gasteiger partial charge on any atom is -0.326 e. The summed E-state index contributed by atoms with van der Waals surface area (Å²) in [5.74, 6) is 0. The molecule has 21 heavy (non-hydrogen) atoms. The van der Waals surface area contributed by atoms with Crippen LogP contribution in [-0.4, -0.2) is 50.2 Å². The lowest BCUT2D eigenvalue weighted by atomic mass is 10.1. The van der Waals surface area contributed by atoms with Crippen molar-refractivity contribution in [3.8, 4) is 0 Å². The monoisotopic (exact) mass is 462 g/mol. The first-order chi connectivity index (χ1) is 9.58. The van der Waals surface area contributed by atoms with Crippen LogP contribution in [0.2, 0.25) is 15.1 Å². The number of alkyl halides is 1. The van der Waals surface area contributed by atoms with Crippen molar-refractivity contribution in [1.29, 1.82) is 0 Å². The van der Waals surface area contributed by atoms with Crippen LogP contribution in [0.1, 0.15) is 16.7 Å². The van der Waals surface area contributed by atoms with E-state index in [-0.39, 0.29) is 0 Å². The molecule has 1 aromatic carbocycles. The van der Waals surface area contributed by atoms with Gasteiger partial charge in [-0.1, -0.05) is 57.4 Å². The van der Waals surface area contributed by atoms with Crippen molar-refractivity contribution in [3.05, 3.63) is 31.8 Å². The second kappa shape index (κ2) is 6.33. The summed E-state index contributed by atoms with van der Waals surface area (Å²) in [5, 5.41) is 2.16. The lowest BCUT2D eigenvalue weighted by Crippen LogP contribution is -2.48. The molecule has 1 aliphatic rings. The highest BCUT2D eigenvalue weighted by Crippen LogP contribution is 2.44. The van der Waals surface area contributed by atoms with Gasteiger partial charge in [-0.05, 0) is 0 Å². The summed E-state index contributed by atoms with van der Waals surface area (Å²) in [7, 11) is 8.95. The first-order valence-corrected chi connectivity index (χ1v) is 9.61. The van der Waals surface area contributed by atoms with Gasteiger partial charge in [0, 0.05) is 21.1 Å². The Labute approximate surface area is 156 Å². The van der Waals surface area contributed by atoms with E-state index in [2.05, 4.69) is 50.8 Å². The smallest absolute Gasteiger partial charge is 0.129 e. The van der Waals surface area contributed by atoms with Gasteiger partial charge in [-0.15, -0.1) is 0 Å². The fourth-order valence-electron chi connectivity index (χ4n) is 2.77. The maximum absolute atomic E-state index is 6.59. The molecule has 1 heterocycles. The molecule has 0 fully saturated rings. The number of likely N-dealkylation sites (N-methyl/N-ethyl adjacent to an activating group) is 2. The number of rotatable bonds is 4. The number of hydrogen-bond acceptors (Lipinski definition) is 0. The molecule has 0 bridgehead atoms. The molecule has 118 valence electrons. The molecule has 0 aliphatic carbocycles. The van der Waals surface area contributed by atoms with Gasteiger partial charge in [0.15, 0.2) is 0 Å². The fourth-order valence-corrected chi connectivity index (χ4v) is 4.93. The highest BCUT2D eigenvalue weighted by molar-refractivity contribution is 14.1. The van der Waals surface area contributed by atoms with E-state index in [1.54, 1.807) is 0 Å². The maximum Gasteiger partial charge on any atom is 0.129 e. The van der Waals surface area contributed by atoms with Crippen LogP contribution in [0.5, 0.6) is 0 Å². The first kappa shape index (κ1) is 18.1. The first-order valence-electron chi connectivity index (χ1n) is 6.95. The molecule has 1 aromatic rings. The van der Waals surface area contributed by atoms with Crippen LogP contribution in [0.4, 0.5) is 0 Å². The van der Waals surface area contributed by atoms with E-state index in [1.807, 2.05) is 0 Å². The van der Waals surface area contributed by atoms with Gasteiger partial charge in [-0.25, -0.2) is 0 Å². The van der Waals surface area contributed by atoms with Crippen LogP contribution >= 0.6 is 57.4 Å². The van der Waals surface area contributed by atoms with Crippen LogP contribution in [-0.2, 0) is 17.5 Å². The Hall–Kier alpha value is 0.740. The van der Waals surface area contributed by atoms with Gasteiger partial charge in [0.25, 0.3) is 0 Å². The van der Waals surface area contributed by atoms with Crippen molar-refractivity contribution in [2.45, 2.75) is 17.5 Å². The molecule has 1 aliphatic heterocycles. The molecule has 2 nitrogen and oxygen atoms in total. The molecule has 1 atom stereocenters. The third-order valence-electron chi connectivity index (χ3n) is 4.14. The highest BCUT2D eigenvalue weighted by Gasteiger charge is 2.38. The predicted octanol–water partition coefficient (Wildman–Crippen LogP) is 4.75. The zero-order valence-corrected chi connectivity index (χ0v) is 17.4.